The van der Waals surface area contributed by atoms with Crippen molar-refractivity contribution in [2.24, 2.45) is 10.8 Å². The van der Waals surface area contributed by atoms with Crippen LogP contribution in [0.2, 0.25) is 0 Å². The zero-order valence-corrected chi connectivity index (χ0v) is 14.1. The minimum atomic E-state index is -0.727. The summed E-state index contributed by atoms with van der Waals surface area (Å²) in [7, 11) is 0. The molecule has 0 aromatic carbocycles. The van der Waals surface area contributed by atoms with E-state index in [4.69, 9.17) is 19.6 Å². The molecule has 0 radical (unpaired) electrons. The van der Waals surface area contributed by atoms with Crippen molar-refractivity contribution in [1.82, 2.24) is 0 Å². The Morgan fingerprint density at radius 3 is 1.45 bits per heavy atom. The normalized spacial score (nSPS) is 20.1. The monoisotopic (exact) mass is 288 g/mol. The Hall–Kier alpha value is -0.160. The van der Waals surface area contributed by atoms with Gasteiger partial charge in [-0.15, -0.1) is 0 Å². The maximum absolute atomic E-state index is 5.61. The van der Waals surface area contributed by atoms with Crippen LogP contribution in [0.5, 0.6) is 0 Å². The van der Waals surface area contributed by atoms with Gasteiger partial charge in [0, 0.05) is 12.8 Å². The standard InChI is InChI=1S/C16H32O4/c1-14(2,3)12-17-19-16(10-8-7-9-11-16)20-18-13-15(4,5)6/h7-13H2,1-6H3. The third kappa shape index (κ3) is 7.58. The van der Waals surface area contributed by atoms with Crippen LogP contribution in [0.15, 0.2) is 0 Å². The van der Waals surface area contributed by atoms with Crippen LogP contribution in [0.4, 0.5) is 0 Å². The Labute approximate surface area is 124 Å². The molecule has 1 rings (SSSR count). The highest BCUT2D eigenvalue weighted by Gasteiger charge is 2.38. The molecule has 0 amide bonds. The predicted molar refractivity (Wildman–Crippen MR) is 78.8 cm³/mol. The van der Waals surface area contributed by atoms with Crippen LogP contribution >= 0.6 is 0 Å². The molecular weight excluding hydrogens is 256 g/mol. The van der Waals surface area contributed by atoms with Crippen LogP contribution in [-0.2, 0) is 19.6 Å². The number of rotatable bonds is 6. The Balaban J connectivity index is 2.44. The number of hydrogen-bond acceptors (Lipinski definition) is 4. The van der Waals surface area contributed by atoms with Crippen LogP contribution in [-0.4, -0.2) is 19.0 Å². The minimum absolute atomic E-state index is 0.0716. The van der Waals surface area contributed by atoms with Crippen LogP contribution in [0.3, 0.4) is 0 Å². The van der Waals surface area contributed by atoms with Crippen LogP contribution < -0.4 is 0 Å². The third-order valence-corrected chi connectivity index (χ3v) is 3.02. The number of hydrogen-bond donors (Lipinski definition) is 0. The smallest absolute Gasteiger partial charge is 0.233 e. The molecule has 120 valence electrons. The molecule has 0 N–H and O–H groups in total. The quantitative estimate of drug-likeness (QED) is 0.405. The van der Waals surface area contributed by atoms with E-state index in [9.17, 15) is 0 Å². The summed E-state index contributed by atoms with van der Waals surface area (Å²) in [6.07, 6.45) is 5.02. The van der Waals surface area contributed by atoms with Crippen molar-refractivity contribution in [2.45, 2.75) is 79.4 Å². The molecule has 0 aromatic heterocycles. The molecule has 0 aromatic rings. The summed E-state index contributed by atoms with van der Waals surface area (Å²) in [6, 6.07) is 0. The van der Waals surface area contributed by atoms with Crippen molar-refractivity contribution in [3.05, 3.63) is 0 Å². The summed E-state index contributed by atoms with van der Waals surface area (Å²) in [4.78, 5) is 22.1. The van der Waals surface area contributed by atoms with Gasteiger partial charge in [-0.3, -0.25) is 0 Å². The summed E-state index contributed by atoms with van der Waals surface area (Å²) >= 11 is 0. The van der Waals surface area contributed by atoms with E-state index >= 15 is 0 Å². The molecule has 0 atom stereocenters. The molecule has 4 nitrogen and oxygen atoms in total. The van der Waals surface area contributed by atoms with Crippen LogP contribution in [0, 0.1) is 10.8 Å². The lowest BCUT2D eigenvalue weighted by atomic mass is 9.94. The fourth-order valence-corrected chi connectivity index (χ4v) is 1.90. The zero-order valence-electron chi connectivity index (χ0n) is 14.1. The molecule has 1 saturated carbocycles. The summed E-state index contributed by atoms with van der Waals surface area (Å²) in [5, 5.41) is 0. The second-order valence-corrected chi connectivity index (χ2v) is 8.28. The van der Waals surface area contributed by atoms with E-state index in [0.717, 1.165) is 25.7 Å². The fraction of sp³-hybridized carbons (Fsp3) is 1.00. The first-order valence-electron chi connectivity index (χ1n) is 7.73. The van der Waals surface area contributed by atoms with E-state index in [1.165, 1.54) is 6.42 Å². The third-order valence-electron chi connectivity index (χ3n) is 3.02. The first kappa shape index (κ1) is 17.9. The predicted octanol–water partition coefficient (Wildman–Crippen LogP) is 4.64. The van der Waals surface area contributed by atoms with E-state index in [0.29, 0.717) is 13.2 Å². The molecule has 0 saturated heterocycles. The summed E-state index contributed by atoms with van der Waals surface area (Å²) in [5.74, 6) is -0.727. The van der Waals surface area contributed by atoms with Gasteiger partial charge >= 0.3 is 0 Å². The zero-order chi connectivity index (χ0) is 15.3. The highest BCUT2D eigenvalue weighted by atomic mass is 17.3. The molecule has 0 heterocycles. The maximum Gasteiger partial charge on any atom is 0.233 e. The minimum Gasteiger partial charge on any atom is -0.233 e. The average molecular weight is 288 g/mol. The van der Waals surface area contributed by atoms with Gasteiger partial charge in [0.25, 0.3) is 0 Å². The maximum atomic E-state index is 5.61. The Morgan fingerprint density at radius 1 is 0.700 bits per heavy atom. The fourth-order valence-electron chi connectivity index (χ4n) is 1.90. The average Bonchev–Trinajstić information content (AvgIpc) is 2.26. The van der Waals surface area contributed by atoms with E-state index in [1.807, 2.05) is 0 Å². The highest BCUT2D eigenvalue weighted by Crippen LogP contribution is 2.34. The van der Waals surface area contributed by atoms with Crippen LogP contribution in [0.25, 0.3) is 0 Å². The lowest BCUT2D eigenvalue weighted by Gasteiger charge is -2.35. The topological polar surface area (TPSA) is 36.9 Å². The Morgan fingerprint density at radius 2 is 1.10 bits per heavy atom. The van der Waals surface area contributed by atoms with E-state index in [2.05, 4.69) is 41.5 Å². The molecule has 1 aliphatic carbocycles. The second kappa shape index (κ2) is 7.21. The van der Waals surface area contributed by atoms with Gasteiger partial charge in [-0.2, -0.15) is 9.78 Å². The summed E-state index contributed by atoms with van der Waals surface area (Å²) in [6.45, 7) is 13.7. The largest absolute Gasteiger partial charge is 0.233 e. The molecule has 4 heteroatoms. The Bertz CT molecular complexity index is 247. The lowest BCUT2D eigenvalue weighted by molar-refractivity contribution is -0.521. The van der Waals surface area contributed by atoms with E-state index in [1.54, 1.807) is 0 Å². The van der Waals surface area contributed by atoms with E-state index < -0.39 is 5.79 Å². The van der Waals surface area contributed by atoms with Crippen molar-refractivity contribution < 1.29 is 19.6 Å². The molecule has 1 aliphatic rings. The van der Waals surface area contributed by atoms with Crippen molar-refractivity contribution in [3.63, 3.8) is 0 Å². The van der Waals surface area contributed by atoms with Gasteiger partial charge in [0.15, 0.2) is 0 Å². The van der Waals surface area contributed by atoms with E-state index in [-0.39, 0.29) is 10.8 Å². The van der Waals surface area contributed by atoms with Gasteiger partial charge in [0.1, 0.15) is 0 Å². The van der Waals surface area contributed by atoms with Crippen molar-refractivity contribution in [1.29, 1.82) is 0 Å². The van der Waals surface area contributed by atoms with Gasteiger partial charge in [-0.1, -0.05) is 48.0 Å². The van der Waals surface area contributed by atoms with Crippen molar-refractivity contribution in [2.75, 3.05) is 13.2 Å². The molecule has 20 heavy (non-hydrogen) atoms. The van der Waals surface area contributed by atoms with Crippen molar-refractivity contribution in [3.8, 4) is 0 Å². The molecule has 0 spiro atoms. The lowest BCUT2D eigenvalue weighted by Crippen LogP contribution is -2.39. The molecule has 1 fully saturated rings. The first-order chi connectivity index (χ1) is 9.12. The first-order valence-corrected chi connectivity index (χ1v) is 7.73. The molecule has 0 unspecified atom stereocenters. The SMILES string of the molecule is CC(C)(C)COOC1(OOCC(C)(C)C)CCCCC1. The van der Waals surface area contributed by atoms with Crippen molar-refractivity contribution >= 4 is 0 Å². The van der Waals surface area contributed by atoms with Gasteiger partial charge < -0.3 is 0 Å². The highest BCUT2D eigenvalue weighted by molar-refractivity contribution is 4.73. The molecular formula is C16H32O4. The van der Waals surface area contributed by atoms with Gasteiger partial charge in [0.2, 0.25) is 5.79 Å². The summed E-state index contributed by atoms with van der Waals surface area (Å²) in [5.41, 5.74) is 0.143. The van der Waals surface area contributed by atoms with Gasteiger partial charge in [-0.25, -0.2) is 9.78 Å². The second-order valence-electron chi connectivity index (χ2n) is 8.28. The van der Waals surface area contributed by atoms with Gasteiger partial charge in [-0.05, 0) is 23.7 Å². The molecule has 0 aliphatic heterocycles. The summed E-state index contributed by atoms with van der Waals surface area (Å²) < 4.78 is 0. The molecule has 0 bridgehead atoms. The van der Waals surface area contributed by atoms with Gasteiger partial charge in [0.05, 0.1) is 13.2 Å². The van der Waals surface area contributed by atoms with Crippen LogP contribution in [0.1, 0.15) is 73.6 Å². The Kier molecular flexibility index (Phi) is 6.45.